The molecule has 1 aliphatic rings. The molecule has 0 unspecified atom stereocenters. The highest BCUT2D eigenvalue weighted by Gasteiger charge is 2.25. The Kier molecular flexibility index (Phi) is 7.82. The first-order valence-corrected chi connectivity index (χ1v) is 8.59. The Labute approximate surface area is 139 Å². The van der Waals surface area contributed by atoms with Gasteiger partial charge < -0.3 is 20.5 Å². The molecule has 2 amide bonds. The summed E-state index contributed by atoms with van der Waals surface area (Å²) in [5.41, 5.74) is -0.396. The van der Waals surface area contributed by atoms with E-state index in [2.05, 4.69) is 10.6 Å². The Bertz CT molecular complexity index is 385. The van der Waals surface area contributed by atoms with Crippen LogP contribution in [0.3, 0.4) is 0 Å². The maximum Gasteiger partial charge on any atom is 0.408 e. The number of aliphatic hydroxyl groups is 1. The third-order valence-corrected chi connectivity index (χ3v) is 4.16. The van der Waals surface area contributed by atoms with Crippen LogP contribution < -0.4 is 10.6 Å². The highest BCUT2D eigenvalue weighted by atomic mass is 16.6. The summed E-state index contributed by atoms with van der Waals surface area (Å²) in [6, 6.07) is 0. The van der Waals surface area contributed by atoms with Crippen molar-refractivity contribution in [3.63, 3.8) is 0 Å². The van der Waals surface area contributed by atoms with Crippen LogP contribution >= 0.6 is 0 Å². The Balaban J connectivity index is 2.39. The fraction of sp³-hybridized carbons (Fsp3) is 0.882. The molecule has 0 aliphatic heterocycles. The molecule has 134 valence electrons. The summed E-state index contributed by atoms with van der Waals surface area (Å²) < 4.78 is 5.28. The van der Waals surface area contributed by atoms with Crippen molar-refractivity contribution in [2.45, 2.75) is 83.5 Å². The van der Waals surface area contributed by atoms with Crippen LogP contribution in [0.15, 0.2) is 0 Å². The Morgan fingerprint density at radius 3 is 2.35 bits per heavy atom. The van der Waals surface area contributed by atoms with Gasteiger partial charge in [-0.3, -0.25) is 4.79 Å². The largest absolute Gasteiger partial charge is 0.436 e. The minimum atomic E-state index is -0.753. The topological polar surface area (TPSA) is 87.7 Å². The number of carbonyl (C=O) groups excluding carboxylic acids is 2. The van der Waals surface area contributed by atoms with Crippen LogP contribution in [-0.2, 0) is 9.53 Å². The van der Waals surface area contributed by atoms with E-state index in [0.29, 0.717) is 12.3 Å². The molecule has 0 aromatic rings. The van der Waals surface area contributed by atoms with E-state index in [9.17, 15) is 14.7 Å². The molecule has 23 heavy (non-hydrogen) atoms. The molecule has 0 radical (unpaired) electrons. The number of nitrogens with one attached hydrogen (secondary N) is 2. The van der Waals surface area contributed by atoms with Gasteiger partial charge in [0.15, 0.2) is 6.10 Å². The first-order chi connectivity index (χ1) is 10.7. The number of alkyl carbamates (subject to hydrolysis) is 1. The number of hydrogen-bond acceptors (Lipinski definition) is 4. The van der Waals surface area contributed by atoms with E-state index in [4.69, 9.17) is 4.74 Å². The zero-order valence-corrected chi connectivity index (χ0v) is 14.9. The van der Waals surface area contributed by atoms with Crippen molar-refractivity contribution >= 4 is 12.0 Å². The molecule has 1 aliphatic carbocycles. The SMILES string of the molecule is CNC(=O)[C@H](CCCC1CCC(O)CC1)OC(=O)NC(C)(C)C. The zero-order valence-electron chi connectivity index (χ0n) is 14.9. The predicted molar refractivity (Wildman–Crippen MR) is 89.0 cm³/mol. The van der Waals surface area contributed by atoms with E-state index in [1.54, 1.807) is 7.05 Å². The van der Waals surface area contributed by atoms with Gasteiger partial charge >= 0.3 is 6.09 Å². The molecule has 1 fully saturated rings. The molecule has 0 heterocycles. The maximum atomic E-state index is 11.9. The molecule has 6 heteroatoms. The van der Waals surface area contributed by atoms with E-state index >= 15 is 0 Å². The first-order valence-electron chi connectivity index (χ1n) is 8.59. The number of hydrogen-bond donors (Lipinski definition) is 3. The molecule has 1 saturated carbocycles. The van der Waals surface area contributed by atoms with Crippen LogP contribution in [0.25, 0.3) is 0 Å². The van der Waals surface area contributed by atoms with Crippen LogP contribution in [0.2, 0.25) is 0 Å². The van der Waals surface area contributed by atoms with Gasteiger partial charge in [-0.05, 0) is 65.2 Å². The fourth-order valence-corrected chi connectivity index (χ4v) is 2.89. The number of likely N-dealkylation sites (N-methyl/N-ethyl adjacent to an activating group) is 1. The van der Waals surface area contributed by atoms with Crippen molar-refractivity contribution in [1.29, 1.82) is 0 Å². The first kappa shape index (κ1) is 19.7. The summed E-state index contributed by atoms with van der Waals surface area (Å²) >= 11 is 0. The van der Waals surface area contributed by atoms with E-state index in [1.807, 2.05) is 20.8 Å². The average molecular weight is 328 g/mol. The second-order valence-electron chi connectivity index (χ2n) is 7.49. The molecule has 0 saturated heterocycles. The van der Waals surface area contributed by atoms with Crippen molar-refractivity contribution < 1.29 is 19.4 Å². The Hall–Kier alpha value is -1.30. The summed E-state index contributed by atoms with van der Waals surface area (Å²) in [5.74, 6) is 0.334. The van der Waals surface area contributed by atoms with Gasteiger partial charge in [-0.2, -0.15) is 0 Å². The summed E-state index contributed by atoms with van der Waals surface area (Å²) in [5, 5.41) is 14.8. The van der Waals surface area contributed by atoms with Crippen molar-refractivity contribution in [3.8, 4) is 0 Å². The second kappa shape index (κ2) is 9.11. The lowest BCUT2D eigenvalue weighted by atomic mass is 9.84. The number of aliphatic hydroxyl groups excluding tert-OH is 1. The van der Waals surface area contributed by atoms with Crippen LogP contribution in [0.5, 0.6) is 0 Å². The van der Waals surface area contributed by atoms with Crippen LogP contribution in [0, 0.1) is 5.92 Å². The number of rotatable bonds is 6. The average Bonchev–Trinajstić information content (AvgIpc) is 2.45. The molecule has 0 aromatic carbocycles. The lowest BCUT2D eigenvalue weighted by Crippen LogP contribution is -2.45. The molecule has 1 atom stereocenters. The molecule has 0 aromatic heterocycles. The molecule has 0 bridgehead atoms. The molecular formula is C17H32N2O4. The minimum absolute atomic E-state index is 0.144. The summed E-state index contributed by atoms with van der Waals surface area (Å²) in [7, 11) is 1.54. The van der Waals surface area contributed by atoms with Crippen molar-refractivity contribution in [1.82, 2.24) is 10.6 Å². The van der Waals surface area contributed by atoms with E-state index in [0.717, 1.165) is 38.5 Å². The number of amides is 2. The highest BCUT2D eigenvalue weighted by Crippen LogP contribution is 2.28. The highest BCUT2D eigenvalue weighted by molar-refractivity contribution is 5.83. The van der Waals surface area contributed by atoms with Gasteiger partial charge in [0.05, 0.1) is 6.10 Å². The molecule has 0 spiro atoms. The normalized spacial score (nSPS) is 23.0. The molecule has 1 rings (SSSR count). The quantitative estimate of drug-likeness (QED) is 0.698. The van der Waals surface area contributed by atoms with Crippen molar-refractivity contribution in [2.75, 3.05) is 7.05 Å². The van der Waals surface area contributed by atoms with Gasteiger partial charge in [0.2, 0.25) is 0 Å². The summed E-state index contributed by atoms with van der Waals surface area (Å²) in [6.07, 6.45) is 4.72. The Morgan fingerprint density at radius 1 is 1.22 bits per heavy atom. The third kappa shape index (κ3) is 8.21. The van der Waals surface area contributed by atoms with Crippen molar-refractivity contribution in [2.24, 2.45) is 5.92 Å². The van der Waals surface area contributed by atoms with Gasteiger partial charge in [-0.25, -0.2) is 4.79 Å². The van der Waals surface area contributed by atoms with Crippen LogP contribution in [0.1, 0.15) is 65.7 Å². The predicted octanol–water partition coefficient (Wildman–Crippen LogP) is 2.35. The lowest BCUT2D eigenvalue weighted by molar-refractivity contribution is -0.129. The van der Waals surface area contributed by atoms with Gasteiger partial charge in [-0.1, -0.05) is 6.42 Å². The minimum Gasteiger partial charge on any atom is -0.436 e. The van der Waals surface area contributed by atoms with Crippen LogP contribution in [-0.4, -0.2) is 41.9 Å². The molecular weight excluding hydrogens is 296 g/mol. The zero-order chi connectivity index (χ0) is 17.5. The van der Waals surface area contributed by atoms with Crippen LogP contribution in [0.4, 0.5) is 4.79 Å². The molecule has 3 N–H and O–H groups in total. The second-order valence-corrected chi connectivity index (χ2v) is 7.49. The van der Waals surface area contributed by atoms with Gasteiger partial charge in [0, 0.05) is 12.6 Å². The fourth-order valence-electron chi connectivity index (χ4n) is 2.89. The number of ether oxygens (including phenoxy) is 1. The maximum absolute atomic E-state index is 11.9. The van der Waals surface area contributed by atoms with Gasteiger partial charge in [0.1, 0.15) is 0 Å². The van der Waals surface area contributed by atoms with Gasteiger partial charge in [0.25, 0.3) is 5.91 Å². The Morgan fingerprint density at radius 2 is 1.83 bits per heavy atom. The summed E-state index contributed by atoms with van der Waals surface area (Å²) in [4.78, 5) is 23.7. The van der Waals surface area contributed by atoms with E-state index in [1.165, 1.54) is 0 Å². The lowest BCUT2D eigenvalue weighted by Gasteiger charge is -2.26. The smallest absolute Gasteiger partial charge is 0.408 e. The van der Waals surface area contributed by atoms with E-state index < -0.39 is 17.7 Å². The summed E-state index contributed by atoms with van der Waals surface area (Å²) in [6.45, 7) is 5.59. The van der Waals surface area contributed by atoms with E-state index in [-0.39, 0.29) is 12.0 Å². The van der Waals surface area contributed by atoms with Crippen molar-refractivity contribution in [3.05, 3.63) is 0 Å². The molecule has 6 nitrogen and oxygen atoms in total. The number of carbonyl (C=O) groups is 2. The third-order valence-electron chi connectivity index (χ3n) is 4.16. The monoisotopic (exact) mass is 328 g/mol. The van der Waals surface area contributed by atoms with Gasteiger partial charge in [-0.15, -0.1) is 0 Å². The standard InChI is InChI=1S/C17H32N2O4/c1-17(2,3)19-16(22)23-14(15(21)18-4)7-5-6-12-8-10-13(20)11-9-12/h12-14,20H,5-11H2,1-4H3,(H,18,21)(H,19,22)/t12?,13?,14-/m0/s1.